The zero-order valence-corrected chi connectivity index (χ0v) is 12.1. The Bertz CT molecular complexity index is 607. The molecule has 0 saturated heterocycles. The highest BCUT2D eigenvalue weighted by Gasteiger charge is 2.05. The maximum Gasteiger partial charge on any atom is 0.137 e. The van der Waals surface area contributed by atoms with Crippen LogP contribution in [0.4, 0.5) is 0 Å². The second-order valence-electron chi connectivity index (χ2n) is 3.53. The number of hydrogen-bond acceptors (Lipinski definition) is 3. The first-order valence-corrected chi connectivity index (χ1v) is 6.85. The predicted molar refractivity (Wildman–Crippen MR) is 76.0 cm³/mol. The van der Waals surface area contributed by atoms with E-state index >= 15 is 0 Å². The molecule has 2 rings (SSSR count). The number of rotatable bonds is 3. The highest BCUT2D eigenvalue weighted by molar-refractivity contribution is 9.10. The molecule has 0 heterocycles. The summed E-state index contributed by atoms with van der Waals surface area (Å²) < 4.78 is 6.24. The van der Waals surface area contributed by atoms with Gasteiger partial charge in [0.15, 0.2) is 0 Å². The summed E-state index contributed by atoms with van der Waals surface area (Å²) in [5.74, 6) is 0.609. The molecule has 2 nitrogen and oxygen atoms in total. The van der Waals surface area contributed by atoms with Gasteiger partial charge in [-0.15, -0.1) is 0 Å². The van der Waals surface area contributed by atoms with E-state index in [9.17, 15) is 0 Å². The minimum Gasteiger partial charge on any atom is -0.495 e. The zero-order chi connectivity index (χ0) is 13.0. The Morgan fingerprint density at radius 2 is 1.94 bits per heavy atom. The summed E-state index contributed by atoms with van der Waals surface area (Å²) in [5, 5.41) is 8.92. The van der Waals surface area contributed by atoms with Gasteiger partial charge in [0, 0.05) is 14.3 Å². The Hall–Kier alpha value is -1.44. The topological polar surface area (TPSA) is 33.0 Å². The number of methoxy groups -OCH3 is 1. The van der Waals surface area contributed by atoms with Crippen LogP contribution in [0, 0.1) is 11.3 Å². The van der Waals surface area contributed by atoms with Gasteiger partial charge < -0.3 is 4.74 Å². The number of hydrogen-bond donors (Lipinski definition) is 0. The van der Waals surface area contributed by atoms with E-state index in [1.165, 1.54) is 0 Å². The molecule has 0 fully saturated rings. The smallest absolute Gasteiger partial charge is 0.137 e. The third kappa shape index (κ3) is 3.06. The Morgan fingerprint density at radius 1 is 1.17 bits per heavy atom. The second-order valence-corrected chi connectivity index (χ2v) is 5.60. The third-order valence-electron chi connectivity index (χ3n) is 2.33. The summed E-state index contributed by atoms with van der Waals surface area (Å²) in [5.41, 5.74) is 0.552. The van der Waals surface area contributed by atoms with Gasteiger partial charge in [-0.3, -0.25) is 0 Å². The molecule has 0 radical (unpaired) electrons. The fraction of sp³-hybridized carbons (Fsp3) is 0.0714. The van der Waals surface area contributed by atoms with Crippen molar-refractivity contribution >= 4 is 27.7 Å². The first-order chi connectivity index (χ1) is 8.72. The molecular weight excluding hydrogens is 310 g/mol. The highest BCUT2D eigenvalue weighted by atomic mass is 79.9. The monoisotopic (exact) mass is 319 g/mol. The molecule has 0 saturated carbocycles. The van der Waals surface area contributed by atoms with Crippen LogP contribution in [-0.4, -0.2) is 7.11 Å². The molecule has 0 bridgehead atoms. The van der Waals surface area contributed by atoms with Crippen LogP contribution in [0.1, 0.15) is 5.56 Å². The maximum absolute atomic E-state index is 8.92. The van der Waals surface area contributed by atoms with Crippen LogP contribution in [0.15, 0.2) is 56.7 Å². The molecule has 18 heavy (non-hydrogen) atoms. The molecular formula is C14H10BrNOS. The molecule has 0 N–H and O–H groups in total. The van der Waals surface area contributed by atoms with Crippen LogP contribution in [-0.2, 0) is 0 Å². The zero-order valence-electron chi connectivity index (χ0n) is 9.68. The number of halogens is 1. The largest absolute Gasteiger partial charge is 0.495 e. The van der Waals surface area contributed by atoms with Crippen molar-refractivity contribution in [3.8, 4) is 11.8 Å². The Kier molecular flexibility index (Phi) is 4.29. The van der Waals surface area contributed by atoms with Crippen molar-refractivity contribution in [2.45, 2.75) is 9.79 Å². The first kappa shape index (κ1) is 13.0. The molecule has 4 heteroatoms. The number of ether oxygens (including phenoxy) is 1. The summed E-state index contributed by atoms with van der Waals surface area (Å²) in [6.07, 6.45) is 0. The van der Waals surface area contributed by atoms with E-state index in [-0.39, 0.29) is 0 Å². The Labute approximate surface area is 119 Å². The normalized spacial score (nSPS) is 9.83. The fourth-order valence-electron chi connectivity index (χ4n) is 1.49. The molecule has 90 valence electrons. The van der Waals surface area contributed by atoms with Crippen LogP contribution in [0.5, 0.6) is 5.75 Å². The molecule has 0 atom stereocenters. The van der Waals surface area contributed by atoms with Crippen LogP contribution in [0.3, 0.4) is 0 Å². The van der Waals surface area contributed by atoms with Crippen molar-refractivity contribution in [2.75, 3.05) is 7.11 Å². The summed E-state index contributed by atoms with van der Waals surface area (Å²) in [6.45, 7) is 0. The number of benzene rings is 2. The van der Waals surface area contributed by atoms with Crippen LogP contribution in [0.25, 0.3) is 0 Å². The summed E-state index contributed by atoms with van der Waals surface area (Å²) in [7, 11) is 1.57. The van der Waals surface area contributed by atoms with Gasteiger partial charge in [-0.05, 0) is 36.4 Å². The number of nitrogens with zero attached hydrogens (tertiary/aromatic N) is 1. The van der Waals surface area contributed by atoms with E-state index in [0.717, 1.165) is 14.3 Å². The third-order valence-corrected chi connectivity index (χ3v) is 3.80. The summed E-state index contributed by atoms with van der Waals surface area (Å²) >= 11 is 5.08. The summed E-state index contributed by atoms with van der Waals surface area (Å²) in [4.78, 5) is 2.18. The van der Waals surface area contributed by atoms with E-state index in [1.807, 2.05) is 30.3 Å². The van der Waals surface area contributed by atoms with Gasteiger partial charge >= 0.3 is 0 Å². The minimum absolute atomic E-state index is 0.552. The van der Waals surface area contributed by atoms with E-state index in [1.54, 1.807) is 24.9 Å². The number of nitriles is 1. The lowest BCUT2D eigenvalue weighted by Gasteiger charge is -2.06. The molecule has 0 aliphatic rings. The first-order valence-electron chi connectivity index (χ1n) is 5.24. The quantitative estimate of drug-likeness (QED) is 0.836. The van der Waals surface area contributed by atoms with E-state index < -0.39 is 0 Å². The van der Waals surface area contributed by atoms with E-state index in [2.05, 4.69) is 28.1 Å². The standard InChI is InChI=1S/C14H10BrNOS/c1-17-14-8-13(6-5-10(14)9-16)18-12-4-2-3-11(15)7-12/h2-8H,1H3. The van der Waals surface area contributed by atoms with Crippen LogP contribution in [0.2, 0.25) is 0 Å². The van der Waals surface area contributed by atoms with Crippen molar-refractivity contribution in [3.05, 3.63) is 52.5 Å². The SMILES string of the molecule is COc1cc(Sc2cccc(Br)c2)ccc1C#N. The average molecular weight is 320 g/mol. The molecule has 0 aromatic heterocycles. The molecule has 0 aliphatic heterocycles. The molecule has 0 amide bonds. The van der Waals surface area contributed by atoms with Crippen molar-refractivity contribution < 1.29 is 4.74 Å². The van der Waals surface area contributed by atoms with Gasteiger partial charge in [0.1, 0.15) is 11.8 Å². The fourth-order valence-corrected chi connectivity index (χ4v) is 2.95. The van der Waals surface area contributed by atoms with Gasteiger partial charge in [0.2, 0.25) is 0 Å². The summed E-state index contributed by atoms with van der Waals surface area (Å²) in [6, 6.07) is 15.8. The highest BCUT2D eigenvalue weighted by Crippen LogP contribution is 2.32. The van der Waals surface area contributed by atoms with Gasteiger partial charge in [0.05, 0.1) is 12.7 Å². The van der Waals surface area contributed by atoms with Gasteiger partial charge in [-0.25, -0.2) is 0 Å². The average Bonchev–Trinajstić information content (AvgIpc) is 2.38. The van der Waals surface area contributed by atoms with Crippen molar-refractivity contribution in [1.82, 2.24) is 0 Å². The van der Waals surface area contributed by atoms with Crippen molar-refractivity contribution in [2.24, 2.45) is 0 Å². The van der Waals surface area contributed by atoms with Gasteiger partial charge in [0.25, 0.3) is 0 Å². The second kappa shape index (κ2) is 5.94. The van der Waals surface area contributed by atoms with Crippen molar-refractivity contribution in [1.29, 1.82) is 5.26 Å². The van der Waals surface area contributed by atoms with Crippen LogP contribution < -0.4 is 4.74 Å². The van der Waals surface area contributed by atoms with Gasteiger partial charge in [-0.2, -0.15) is 5.26 Å². The van der Waals surface area contributed by atoms with Crippen molar-refractivity contribution in [3.63, 3.8) is 0 Å². The minimum atomic E-state index is 0.552. The molecule has 2 aromatic rings. The lowest BCUT2D eigenvalue weighted by Crippen LogP contribution is -1.87. The lowest BCUT2D eigenvalue weighted by atomic mass is 10.2. The Morgan fingerprint density at radius 3 is 2.61 bits per heavy atom. The van der Waals surface area contributed by atoms with E-state index in [0.29, 0.717) is 11.3 Å². The van der Waals surface area contributed by atoms with Crippen LogP contribution >= 0.6 is 27.7 Å². The maximum atomic E-state index is 8.92. The predicted octanol–water partition coefficient (Wildman–Crippen LogP) is 4.48. The Balaban J connectivity index is 2.28. The molecule has 0 spiro atoms. The molecule has 0 unspecified atom stereocenters. The molecule has 0 aliphatic carbocycles. The van der Waals surface area contributed by atoms with E-state index in [4.69, 9.17) is 10.00 Å². The lowest BCUT2D eigenvalue weighted by molar-refractivity contribution is 0.412. The van der Waals surface area contributed by atoms with Gasteiger partial charge in [-0.1, -0.05) is 33.8 Å². The molecule has 2 aromatic carbocycles.